The first kappa shape index (κ1) is 14.3. The van der Waals surface area contributed by atoms with E-state index in [9.17, 15) is 5.21 Å². The molecule has 1 heterocycles. The van der Waals surface area contributed by atoms with Crippen LogP contribution in [-0.2, 0) is 0 Å². The lowest BCUT2D eigenvalue weighted by atomic mass is 9.95. The van der Waals surface area contributed by atoms with Gasteiger partial charge in [-0.05, 0) is 32.6 Å². The van der Waals surface area contributed by atoms with Gasteiger partial charge in [0.25, 0.3) is 5.62 Å². The Morgan fingerprint density at radius 1 is 1.28 bits per heavy atom. The molecule has 0 bridgehead atoms. The van der Waals surface area contributed by atoms with Crippen LogP contribution in [0.4, 0.5) is 11.9 Å². The summed E-state index contributed by atoms with van der Waals surface area (Å²) < 4.78 is 0.528. The summed E-state index contributed by atoms with van der Waals surface area (Å²) in [5, 5.41) is 9.31. The maximum absolute atomic E-state index is 9.31. The Hall–Kier alpha value is -1.79. The third-order valence-corrected chi connectivity index (χ3v) is 2.60. The zero-order valence-corrected chi connectivity index (χ0v) is 11.4. The minimum atomic E-state index is -0.287. The highest BCUT2D eigenvalue weighted by molar-refractivity contribution is 5.25. The number of hydrogen-bond donors (Lipinski definition) is 3. The van der Waals surface area contributed by atoms with Gasteiger partial charge in [0.15, 0.2) is 0 Å². The minimum Gasteiger partial charge on any atom is -0.422 e. The van der Waals surface area contributed by atoms with Crippen molar-refractivity contribution in [2.75, 3.05) is 11.5 Å². The monoisotopic (exact) mass is 254 g/mol. The van der Waals surface area contributed by atoms with Crippen LogP contribution >= 0.6 is 0 Å². The number of aromatic nitrogens is 3. The Morgan fingerprint density at radius 3 is 2.22 bits per heavy atom. The molecule has 1 rings (SSSR count). The van der Waals surface area contributed by atoms with Gasteiger partial charge in [0.2, 0.25) is 11.9 Å². The van der Waals surface area contributed by atoms with E-state index in [-0.39, 0.29) is 23.1 Å². The van der Waals surface area contributed by atoms with Crippen molar-refractivity contribution >= 4 is 11.9 Å². The lowest BCUT2D eigenvalue weighted by Gasteiger charge is -2.19. The van der Waals surface area contributed by atoms with Gasteiger partial charge in [-0.2, -0.15) is 9.97 Å². The van der Waals surface area contributed by atoms with Gasteiger partial charge < -0.3 is 16.7 Å². The number of nitrogens with two attached hydrogens (primary N) is 2. The third kappa shape index (κ3) is 3.90. The van der Waals surface area contributed by atoms with Gasteiger partial charge in [0.1, 0.15) is 0 Å². The second kappa shape index (κ2) is 5.24. The van der Waals surface area contributed by atoms with Gasteiger partial charge in [-0.1, -0.05) is 13.8 Å². The van der Waals surface area contributed by atoms with E-state index >= 15 is 0 Å². The normalized spacial score (nSPS) is 11.8. The molecule has 1 aromatic heterocycles. The van der Waals surface area contributed by atoms with Crippen LogP contribution in [0.3, 0.4) is 0 Å². The highest BCUT2D eigenvalue weighted by Gasteiger charge is 2.17. The first-order chi connectivity index (χ1) is 8.21. The van der Waals surface area contributed by atoms with E-state index in [2.05, 4.69) is 28.8 Å². The van der Waals surface area contributed by atoms with E-state index in [0.717, 1.165) is 12.8 Å². The van der Waals surface area contributed by atoms with Gasteiger partial charge in [0, 0.05) is 0 Å². The van der Waals surface area contributed by atoms with E-state index in [4.69, 9.17) is 11.5 Å². The summed E-state index contributed by atoms with van der Waals surface area (Å²) in [6.45, 7) is 8.34. The summed E-state index contributed by atoms with van der Waals surface area (Å²) in [6.07, 6.45) is 1.98. The first-order valence-corrected chi connectivity index (χ1v) is 5.98. The SMILES string of the molecule is CC(C)CCC(C)(C)N=c1nc(N)n(O)c(N)n1. The summed E-state index contributed by atoms with van der Waals surface area (Å²) in [6, 6.07) is 0. The van der Waals surface area contributed by atoms with Crippen LogP contribution in [0.2, 0.25) is 0 Å². The number of rotatable bonds is 4. The van der Waals surface area contributed by atoms with E-state index in [1.807, 2.05) is 13.8 Å². The Kier molecular flexibility index (Phi) is 4.15. The largest absolute Gasteiger partial charge is 0.422 e. The topological polar surface area (TPSA) is 115 Å². The average Bonchev–Trinajstić information content (AvgIpc) is 2.22. The van der Waals surface area contributed by atoms with Crippen LogP contribution < -0.4 is 17.1 Å². The predicted molar refractivity (Wildman–Crippen MR) is 69.7 cm³/mol. The maximum atomic E-state index is 9.31. The third-order valence-electron chi connectivity index (χ3n) is 2.60. The second-order valence-corrected chi connectivity index (χ2v) is 5.41. The van der Waals surface area contributed by atoms with Crippen molar-refractivity contribution in [2.45, 2.75) is 46.1 Å². The van der Waals surface area contributed by atoms with Crippen LogP contribution in [0.25, 0.3) is 0 Å². The fraction of sp³-hybridized carbons (Fsp3) is 0.727. The van der Waals surface area contributed by atoms with Gasteiger partial charge in [-0.15, -0.1) is 4.73 Å². The Labute approximate surface area is 107 Å². The number of hydrogen-bond acceptors (Lipinski definition) is 6. The molecule has 0 radical (unpaired) electrons. The molecule has 5 N–H and O–H groups in total. The van der Waals surface area contributed by atoms with Crippen molar-refractivity contribution in [3.8, 4) is 0 Å². The standard InChI is InChI=1S/C11H22N6O/c1-7(2)5-6-11(3,4)16-10-14-8(12)17(18)9(13)15-10/h7,18H,5-6H2,1-4H3,(H4,12,13,14,15,16). The second-order valence-electron chi connectivity index (χ2n) is 5.41. The molecule has 0 saturated carbocycles. The minimum absolute atomic E-state index is 0.124. The molecule has 0 saturated heterocycles. The van der Waals surface area contributed by atoms with E-state index in [1.54, 1.807) is 0 Å². The quantitative estimate of drug-likeness (QED) is 0.687. The van der Waals surface area contributed by atoms with Crippen molar-refractivity contribution in [2.24, 2.45) is 10.9 Å². The van der Waals surface area contributed by atoms with Crippen molar-refractivity contribution in [1.82, 2.24) is 14.7 Å². The summed E-state index contributed by atoms with van der Waals surface area (Å²) in [5.41, 5.74) is 10.9. The van der Waals surface area contributed by atoms with Crippen LogP contribution in [0.15, 0.2) is 4.99 Å². The number of nitrogens with zero attached hydrogens (tertiary/aromatic N) is 4. The van der Waals surface area contributed by atoms with Crippen LogP contribution in [0.5, 0.6) is 0 Å². The number of nitrogen functional groups attached to an aromatic ring is 2. The zero-order chi connectivity index (χ0) is 13.9. The summed E-state index contributed by atoms with van der Waals surface area (Å²) in [4.78, 5) is 12.2. The fourth-order valence-corrected chi connectivity index (χ4v) is 1.46. The van der Waals surface area contributed by atoms with Crippen molar-refractivity contribution in [3.05, 3.63) is 5.62 Å². The molecule has 1 aromatic rings. The predicted octanol–water partition coefficient (Wildman–Crippen LogP) is 0.795. The molecule has 0 aliphatic rings. The Morgan fingerprint density at radius 2 is 1.78 bits per heavy atom. The summed E-state index contributed by atoms with van der Waals surface area (Å²) in [7, 11) is 0. The number of anilines is 2. The van der Waals surface area contributed by atoms with Crippen LogP contribution in [-0.4, -0.2) is 25.4 Å². The van der Waals surface area contributed by atoms with E-state index < -0.39 is 0 Å². The van der Waals surface area contributed by atoms with Gasteiger partial charge >= 0.3 is 0 Å². The Bertz CT molecular complexity index is 451. The van der Waals surface area contributed by atoms with Crippen LogP contribution in [0, 0.1) is 5.92 Å². The fourth-order valence-electron chi connectivity index (χ4n) is 1.46. The molecule has 7 heteroatoms. The lowest BCUT2D eigenvalue weighted by molar-refractivity contribution is 0.190. The maximum Gasteiger partial charge on any atom is 0.251 e. The molecule has 0 spiro atoms. The molecule has 0 amide bonds. The van der Waals surface area contributed by atoms with Crippen molar-refractivity contribution in [3.63, 3.8) is 0 Å². The lowest BCUT2D eigenvalue weighted by Crippen LogP contribution is -2.29. The molecule has 0 aliphatic carbocycles. The van der Waals surface area contributed by atoms with E-state index in [0.29, 0.717) is 10.6 Å². The van der Waals surface area contributed by atoms with Gasteiger partial charge in [-0.25, -0.2) is 4.99 Å². The molecule has 0 aliphatic heterocycles. The smallest absolute Gasteiger partial charge is 0.251 e. The molecule has 7 nitrogen and oxygen atoms in total. The molecule has 0 aromatic carbocycles. The zero-order valence-electron chi connectivity index (χ0n) is 11.4. The first-order valence-electron chi connectivity index (χ1n) is 5.98. The van der Waals surface area contributed by atoms with Gasteiger partial charge in [-0.3, -0.25) is 0 Å². The average molecular weight is 254 g/mol. The molecule has 0 unspecified atom stereocenters. The molecule has 0 atom stereocenters. The van der Waals surface area contributed by atoms with Gasteiger partial charge in [0.05, 0.1) is 5.54 Å². The summed E-state index contributed by atoms with van der Waals surface area (Å²) >= 11 is 0. The molecule has 18 heavy (non-hydrogen) atoms. The highest BCUT2D eigenvalue weighted by Crippen LogP contribution is 2.19. The summed E-state index contributed by atoms with van der Waals surface area (Å²) in [5.74, 6) is 0.368. The van der Waals surface area contributed by atoms with Crippen molar-refractivity contribution in [1.29, 1.82) is 0 Å². The molecule has 102 valence electrons. The van der Waals surface area contributed by atoms with Crippen LogP contribution in [0.1, 0.15) is 40.5 Å². The highest BCUT2D eigenvalue weighted by atomic mass is 16.5. The molecular weight excluding hydrogens is 232 g/mol. The molecular formula is C11H22N6O. The van der Waals surface area contributed by atoms with Crippen molar-refractivity contribution < 1.29 is 5.21 Å². The molecule has 0 fully saturated rings. The van der Waals surface area contributed by atoms with E-state index in [1.165, 1.54) is 0 Å². The Balaban J connectivity index is 3.01.